The topological polar surface area (TPSA) is 69.3 Å². The third-order valence-corrected chi connectivity index (χ3v) is 7.30. The highest BCUT2D eigenvalue weighted by atomic mass is 127. The van der Waals surface area contributed by atoms with Crippen LogP contribution in [0.25, 0.3) is 11.0 Å². The summed E-state index contributed by atoms with van der Waals surface area (Å²) in [5.74, 6) is 1.35. The van der Waals surface area contributed by atoms with Crippen LogP contribution < -0.4 is 9.47 Å². The molecule has 6 nitrogen and oxygen atoms in total. The number of fused-ring (bicyclic) bond motifs is 1. The van der Waals surface area contributed by atoms with Crippen LogP contribution in [0.4, 0.5) is 0 Å². The average molecular weight is 535 g/mol. The van der Waals surface area contributed by atoms with Crippen molar-refractivity contribution in [3.8, 4) is 17.6 Å². The normalized spacial score (nSPS) is 11.5. The molecule has 0 unspecified atom stereocenters. The summed E-state index contributed by atoms with van der Waals surface area (Å²) in [7, 11) is 0.506. The molecule has 0 saturated heterocycles. The van der Waals surface area contributed by atoms with Crippen LogP contribution in [0.1, 0.15) is 11.1 Å². The lowest BCUT2D eigenvalue weighted by Gasteiger charge is -2.16. The maximum atomic E-state index is 9.55. The smallest absolute Gasteiger partial charge is 0.150 e. The molecule has 0 aliphatic carbocycles. The summed E-state index contributed by atoms with van der Waals surface area (Å²) in [5.41, 5.74) is 2.17. The van der Waals surface area contributed by atoms with E-state index in [9.17, 15) is 5.26 Å². The molecule has 30 heavy (non-hydrogen) atoms. The highest BCUT2D eigenvalue weighted by Gasteiger charge is 2.17. The second-order valence-electron chi connectivity index (χ2n) is 8.23. The fourth-order valence-electron chi connectivity index (χ4n) is 2.91. The van der Waals surface area contributed by atoms with Gasteiger partial charge < -0.3 is 14.2 Å². The Morgan fingerprint density at radius 3 is 2.57 bits per heavy atom. The van der Waals surface area contributed by atoms with Gasteiger partial charge in [-0.25, -0.2) is 4.98 Å². The third-order valence-electron chi connectivity index (χ3n) is 4.70. The van der Waals surface area contributed by atoms with Gasteiger partial charge in [0.15, 0.2) is 0 Å². The molecule has 8 heteroatoms. The second-order valence-corrected chi connectivity index (χ2v) is 15.0. The summed E-state index contributed by atoms with van der Waals surface area (Å²) in [4.78, 5) is 4.51. The molecule has 0 atom stereocenters. The van der Waals surface area contributed by atoms with Crippen molar-refractivity contribution in [2.45, 2.75) is 39.0 Å². The van der Waals surface area contributed by atoms with Gasteiger partial charge >= 0.3 is 0 Å². The summed E-state index contributed by atoms with van der Waals surface area (Å²) in [6.45, 7) is 8.53. The Kier molecular flexibility index (Phi) is 7.39. The molecule has 0 N–H and O–H groups in total. The van der Waals surface area contributed by atoms with Gasteiger partial charge in [-0.05, 0) is 52.4 Å². The van der Waals surface area contributed by atoms with Gasteiger partial charge in [0.25, 0.3) is 0 Å². The van der Waals surface area contributed by atoms with E-state index in [0.717, 1.165) is 38.7 Å². The van der Waals surface area contributed by atoms with Crippen LogP contribution in [0.5, 0.6) is 11.5 Å². The first-order chi connectivity index (χ1) is 14.3. The molecule has 158 valence electrons. The van der Waals surface area contributed by atoms with Crippen LogP contribution in [0.2, 0.25) is 25.7 Å². The largest absolute Gasteiger partial charge is 0.497 e. The number of aromatic nitrogens is 2. The first kappa shape index (κ1) is 22.6. The van der Waals surface area contributed by atoms with Crippen molar-refractivity contribution in [2.75, 3.05) is 13.7 Å². The molecule has 0 bridgehead atoms. The molecule has 0 spiro atoms. The van der Waals surface area contributed by atoms with Gasteiger partial charge in [0.2, 0.25) is 0 Å². The number of methoxy groups -OCH3 is 1. The lowest BCUT2D eigenvalue weighted by molar-refractivity contribution is 0.0883. The van der Waals surface area contributed by atoms with E-state index in [1.54, 1.807) is 13.3 Å². The number of ether oxygens (including phenoxy) is 3. The maximum absolute atomic E-state index is 9.55. The summed E-state index contributed by atoms with van der Waals surface area (Å²) in [6.07, 6.45) is 1.57. The molecular formula is C22H26IN3O3Si. The van der Waals surface area contributed by atoms with Crippen molar-refractivity contribution in [1.29, 1.82) is 5.26 Å². The monoisotopic (exact) mass is 535 g/mol. The number of halogens is 1. The van der Waals surface area contributed by atoms with Gasteiger partial charge in [0.05, 0.1) is 22.4 Å². The van der Waals surface area contributed by atoms with Crippen LogP contribution in [0, 0.1) is 15.0 Å². The van der Waals surface area contributed by atoms with Crippen LogP contribution in [-0.2, 0) is 18.1 Å². The highest BCUT2D eigenvalue weighted by Crippen LogP contribution is 2.32. The Morgan fingerprint density at radius 1 is 1.20 bits per heavy atom. The number of pyridine rings is 1. The Balaban J connectivity index is 1.81. The SMILES string of the molecule is COc1ccc(COc2c(C#N)cnc3c2cc(I)n3COCC[Si](C)(C)C)cc1. The molecule has 0 saturated carbocycles. The first-order valence-corrected chi connectivity index (χ1v) is 14.5. The number of hydrogen-bond acceptors (Lipinski definition) is 5. The predicted octanol–water partition coefficient (Wildman–Crippen LogP) is 5.41. The zero-order valence-corrected chi connectivity index (χ0v) is 20.9. The van der Waals surface area contributed by atoms with Crippen molar-refractivity contribution in [2.24, 2.45) is 0 Å². The van der Waals surface area contributed by atoms with Crippen LogP contribution >= 0.6 is 22.6 Å². The zero-order valence-electron chi connectivity index (χ0n) is 17.7. The average Bonchev–Trinajstić information content (AvgIpc) is 3.04. The van der Waals surface area contributed by atoms with Gasteiger partial charge in [0.1, 0.15) is 42.1 Å². The molecule has 0 radical (unpaired) electrons. The Bertz CT molecular complexity index is 1050. The molecule has 0 amide bonds. The van der Waals surface area contributed by atoms with E-state index < -0.39 is 8.07 Å². The van der Waals surface area contributed by atoms with E-state index in [2.05, 4.69) is 53.3 Å². The van der Waals surface area contributed by atoms with Gasteiger partial charge in [-0.2, -0.15) is 5.26 Å². The molecule has 3 rings (SSSR count). The number of nitriles is 1. The molecule has 0 fully saturated rings. The number of hydrogen-bond donors (Lipinski definition) is 0. The van der Waals surface area contributed by atoms with Crippen LogP contribution in [0.15, 0.2) is 36.5 Å². The number of rotatable bonds is 9. The quantitative estimate of drug-likeness (QED) is 0.208. The molecule has 0 aliphatic rings. The molecule has 0 aliphatic heterocycles. The van der Waals surface area contributed by atoms with E-state index >= 15 is 0 Å². The molecule has 2 aromatic heterocycles. The number of nitrogens with zero attached hydrogens (tertiary/aromatic N) is 3. The van der Waals surface area contributed by atoms with Gasteiger partial charge in [-0.3, -0.25) is 4.57 Å². The highest BCUT2D eigenvalue weighted by molar-refractivity contribution is 14.1. The Morgan fingerprint density at radius 2 is 1.93 bits per heavy atom. The van der Waals surface area contributed by atoms with Crippen molar-refractivity contribution < 1.29 is 14.2 Å². The van der Waals surface area contributed by atoms with Crippen LogP contribution in [-0.4, -0.2) is 31.3 Å². The van der Waals surface area contributed by atoms with Crippen molar-refractivity contribution in [3.63, 3.8) is 0 Å². The van der Waals surface area contributed by atoms with E-state index in [1.807, 2.05) is 34.9 Å². The van der Waals surface area contributed by atoms with E-state index in [4.69, 9.17) is 14.2 Å². The zero-order chi connectivity index (χ0) is 21.7. The third kappa shape index (κ3) is 5.53. The molecular weight excluding hydrogens is 509 g/mol. The first-order valence-electron chi connectivity index (χ1n) is 9.73. The van der Waals surface area contributed by atoms with Gasteiger partial charge in [-0.15, -0.1) is 0 Å². The predicted molar refractivity (Wildman–Crippen MR) is 129 cm³/mol. The Hall–Kier alpha value is -2.09. The minimum Gasteiger partial charge on any atom is -0.497 e. The molecule has 2 heterocycles. The minimum absolute atomic E-state index is 0.353. The second kappa shape index (κ2) is 9.81. The van der Waals surface area contributed by atoms with Gasteiger partial charge in [-0.1, -0.05) is 31.8 Å². The number of benzene rings is 1. The standard InChI is InChI=1S/C22H26IN3O3Si/c1-27-18-7-5-16(6-8-18)14-29-21-17(12-24)13-25-22-19(21)11-20(23)26(22)15-28-9-10-30(2,3)4/h5-8,11,13H,9-10,14-15H2,1-4H3. The maximum Gasteiger partial charge on any atom is 0.150 e. The van der Waals surface area contributed by atoms with E-state index in [0.29, 0.717) is 24.7 Å². The van der Waals surface area contributed by atoms with Crippen LogP contribution in [0.3, 0.4) is 0 Å². The lowest BCUT2D eigenvalue weighted by Crippen LogP contribution is -2.22. The molecule has 3 aromatic rings. The fourth-order valence-corrected chi connectivity index (χ4v) is 4.35. The Labute approximate surface area is 191 Å². The summed E-state index contributed by atoms with van der Waals surface area (Å²) in [6, 6.07) is 13.0. The van der Waals surface area contributed by atoms with Gasteiger partial charge in [0, 0.05) is 14.7 Å². The summed E-state index contributed by atoms with van der Waals surface area (Å²) < 4.78 is 20.2. The summed E-state index contributed by atoms with van der Waals surface area (Å²) in [5, 5.41) is 10.4. The van der Waals surface area contributed by atoms with Crippen molar-refractivity contribution in [1.82, 2.24) is 9.55 Å². The molecule has 1 aromatic carbocycles. The van der Waals surface area contributed by atoms with E-state index in [-0.39, 0.29) is 0 Å². The van der Waals surface area contributed by atoms with E-state index in [1.165, 1.54) is 0 Å². The fraction of sp³-hybridized carbons (Fsp3) is 0.364. The van der Waals surface area contributed by atoms with Crippen molar-refractivity contribution >= 4 is 41.7 Å². The minimum atomic E-state index is -1.13. The summed E-state index contributed by atoms with van der Waals surface area (Å²) >= 11 is 2.27. The lowest BCUT2D eigenvalue weighted by atomic mass is 10.2. The van der Waals surface area contributed by atoms with Crippen molar-refractivity contribution in [3.05, 3.63) is 51.4 Å².